The Morgan fingerprint density at radius 3 is 2.65 bits per heavy atom. The van der Waals surface area contributed by atoms with Gasteiger partial charge in [-0.1, -0.05) is 30.3 Å². The molecule has 5 heterocycles. The topological polar surface area (TPSA) is 120 Å². The van der Waals surface area contributed by atoms with Gasteiger partial charge in [0.05, 0.1) is 37.1 Å². The van der Waals surface area contributed by atoms with Crippen LogP contribution in [0.25, 0.3) is 21.6 Å². The zero-order valence-electron chi connectivity index (χ0n) is 23.3. The molecule has 0 spiro atoms. The Bertz CT molecular complexity index is 1930. The molecule has 7 rings (SSSR count). The van der Waals surface area contributed by atoms with Gasteiger partial charge in [-0.25, -0.2) is 9.97 Å². The minimum atomic E-state index is -2.77. The number of nitrogens with zero attached hydrogens (tertiary/aromatic N) is 4. The Balaban J connectivity index is 1.24. The summed E-state index contributed by atoms with van der Waals surface area (Å²) >= 11 is 1.22. The fourth-order valence-electron chi connectivity index (χ4n) is 5.38. The summed E-state index contributed by atoms with van der Waals surface area (Å²) < 4.78 is 27.3. The smallest absolute Gasteiger partial charge is 0.262 e. The Morgan fingerprint density at radius 2 is 1.91 bits per heavy atom. The summed E-state index contributed by atoms with van der Waals surface area (Å²) in [6, 6.07) is 18.7. The Hall–Kier alpha value is -3.94. The molecule has 5 aromatic rings. The van der Waals surface area contributed by atoms with Gasteiger partial charge in [0.15, 0.2) is 0 Å². The summed E-state index contributed by atoms with van der Waals surface area (Å²) in [5.74, 6) is 4.39. The monoisotopic (exact) mass is 614 g/mol. The lowest BCUT2D eigenvalue weighted by atomic mass is 10.1. The molecule has 0 amide bonds. The number of aromatic nitrogens is 4. The van der Waals surface area contributed by atoms with E-state index in [1.807, 2.05) is 42.5 Å². The first kappa shape index (κ1) is 27.9. The number of rotatable bonds is 7. The van der Waals surface area contributed by atoms with Gasteiger partial charge in [-0.15, -0.1) is 11.3 Å². The predicted octanol–water partition coefficient (Wildman–Crippen LogP) is 4.42. The van der Waals surface area contributed by atoms with Crippen molar-refractivity contribution in [3.63, 3.8) is 0 Å². The molecule has 3 unspecified atom stereocenters. The molecular formula is C31H30N6O4S2. The first-order valence-corrected chi connectivity index (χ1v) is 16.6. The molecule has 43 heavy (non-hydrogen) atoms. The fourth-order valence-corrected chi connectivity index (χ4v) is 8.15. The van der Waals surface area contributed by atoms with Crippen LogP contribution in [0, 0.1) is 0 Å². The molecule has 220 valence electrons. The molecule has 3 aromatic heterocycles. The zero-order chi connectivity index (χ0) is 29.4. The van der Waals surface area contributed by atoms with Crippen LogP contribution >= 0.6 is 11.3 Å². The normalized spacial score (nSPS) is 20.2. The van der Waals surface area contributed by atoms with E-state index in [9.17, 15) is 9.00 Å². The number of ether oxygens (including phenoxy) is 2. The van der Waals surface area contributed by atoms with Crippen molar-refractivity contribution in [2.45, 2.75) is 27.7 Å². The highest BCUT2D eigenvalue weighted by molar-refractivity contribution is 8.02. The molecule has 2 aromatic carbocycles. The Morgan fingerprint density at radius 1 is 1.07 bits per heavy atom. The van der Waals surface area contributed by atoms with Gasteiger partial charge in [0.25, 0.3) is 5.56 Å². The lowest BCUT2D eigenvalue weighted by Gasteiger charge is -2.24. The van der Waals surface area contributed by atoms with E-state index in [1.54, 1.807) is 35.2 Å². The average Bonchev–Trinajstić information content (AvgIpc) is 3.76. The summed E-state index contributed by atoms with van der Waals surface area (Å²) in [6.45, 7) is 3.32. The zero-order valence-corrected chi connectivity index (χ0v) is 24.9. The van der Waals surface area contributed by atoms with Crippen LogP contribution in [0.2, 0.25) is 0 Å². The van der Waals surface area contributed by atoms with E-state index >= 15 is 0 Å². The van der Waals surface area contributed by atoms with Gasteiger partial charge >= 0.3 is 0 Å². The Labute approximate surface area is 252 Å². The van der Waals surface area contributed by atoms with E-state index in [2.05, 4.69) is 26.5 Å². The molecule has 3 atom stereocenters. The standard InChI is InChI=1S/C31H30N6O4S2/c1-43(39,24-5-3-2-4-6-24)27-18-33-29(42-27)25-15-21-16-34-31(36-28(21)37(30(25)38)23-11-13-40-19-23)35-22-9-7-20(8-10-22)26-17-32-12-14-41-26/h2-10,15-16,18,23,26,32H,1,11-14,17,19H2,(H,34,35,36). The van der Waals surface area contributed by atoms with Gasteiger partial charge in [-0.2, -0.15) is 4.98 Å². The van der Waals surface area contributed by atoms with Crippen LogP contribution in [0.4, 0.5) is 11.6 Å². The molecule has 0 bridgehead atoms. The SMILES string of the molecule is C=S(=O)(c1ccccc1)c1cnc(-c2cc3cnc(Nc4ccc(C5CNCCO5)cc4)nc3n(C3CCOC3)c2=O)s1. The maximum Gasteiger partial charge on any atom is 0.262 e. The highest BCUT2D eigenvalue weighted by Crippen LogP contribution is 2.33. The molecule has 0 saturated carbocycles. The van der Waals surface area contributed by atoms with E-state index in [0.717, 1.165) is 24.3 Å². The number of benzene rings is 2. The van der Waals surface area contributed by atoms with Crippen LogP contribution < -0.4 is 16.2 Å². The first-order chi connectivity index (χ1) is 21.0. The molecule has 2 saturated heterocycles. The summed E-state index contributed by atoms with van der Waals surface area (Å²) in [4.78, 5) is 28.5. The predicted molar refractivity (Wildman–Crippen MR) is 169 cm³/mol. The molecule has 10 nitrogen and oxygen atoms in total. The van der Waals surface area contributed by atoms with Gasteiger partial charge in [0.2, 0.25) is 5.95 Å². The fraction of sp³-hybridized carbons (Fsp3) is 0.258. The molecule has 2 fully saturated rings. The van der Waals surface area contributed by atoms with Gasteiger partial charge < -0.3 is 20.1 Å². The highest BCUT2D eigenvalue weighted by atomic mass is 32.2. The second kappa shape index (κ2) is 11.6. The van der Waals surface area contributed by atoms with Crippen LogP contribution in [0.3, 0.4) is 0 Å². The molecule has 0 radical (unpaired) electrons. The van der Waals surface area contributed by atoms with E-state index in [4.69, 9.17) is 14.5 Å². The number of nitrogens with one attached hydrogen (secondary N) is 2. The molecule has 2 aliphatic heterocycles. The van der Waals surface area contributed by atoms with Crippen LogP contribution in [-0.2, 0) is 19.0 Å². The van der Waals surface area contributed by atoms with Gasteiger partial charge in [0, 0.05) is 51.4 Å². The first-order valence-electron chi connectivity index (χ1n) is 14.1. The van der Waals surface area contributed by atoms with E-state index < -0.39 is 9.52 Å². The van der Waals surface area contributed by atoms with E-state index in [-0.39, 0.29) is 17.7 Å². The number of thiazole rings is 1. The van der Waals surface area contributed by atoms with Crippen molar-refractivity contribution < 1.29 is 13.7 Å². The maximum absolute atomic E-state index is 14.0. The Kier molecular flexibility index (Phi) is 7.53. The van der Waals surface area contributed by atoms with Crippen molar-refractivity contribution >= 4 is 49.4 Å². The number of morpholine rings is 1. The average molecular weight is 615 g/mol. The molecule has 2 N–H and O–H groups in total. The number of fused-ring (bicyclic) bond motifs is 1. The maximum atomic E-state index is 14.0. The van der Waals surface area contributed by atoms with Crippen LogP contribution in [0.5, 0.6) is 0 Å². The van der Waals surface area contributed by atoms with Gasteiger partial charge in [-0.3, -0.25) is 13.6 Å². The lowest BCUT2D eigenvalue weighted by Crippen LogP contribution is -2.33. The van der Waals surface area contributed by atoms with Crippen molar-refractivity contribution in [3.05, 3.63) is 89.0 Å². The molecular weight excluding hydrogens is 585 g/mol. The van der Waals surface area contributed by atoms with E-state index in [0.29, 0.717) is 62.9 Å². The van der Waals surface area contributed by atoms with Crippen molar-refractivity contribution in [2.24, 2.45) is 0 Å². The number of hydrogen-bond acceptors (Lipinski definition) is 10. The van der Waals surface area contributed by atoms with E-state index in [1.165, 1.54) is 11.3 Å². The lowest BCUT2D eigenvalue weighted by molar-refractivity contribution is 0.0277. The van der Waals surface area contributed by atoms with Crippen molar-refractivity contribution in [3.8, 4) is 10.6 Å². The summed E-state index contributed by atoms with van der Waals surface area (Å²) in [5.41, 5.74) is 2.62. The summed E-state index contributed by atoms with van der Waals surface area (Å²) in [5, 5.41) is 7.79. The van der Waals surface area contributed by atoms with Crippen LogP contribution in [0.15, 0.2) is 87.0 Å². The second-order valence-corrected chi connectivity index (χ2v) is 14.1. The molecule has 12 heteroatoms. The third kappa shape index (κ3) is 5.48. The van der Waals surface area contributed by atoms with Gasteiger partial charge in [-0.05, 0) is 48.2 Å². The summed E-state index contributed by atoms with van der Waals surface area (Å²) in [6.07, 6.45) is 3.98. The van der Waals surface area contributed by atoms with Crippen molar-refractivity contribution in [1.29, 1.82) is 0 Å². The molecule has 2 aliphatic rings. The quantitative estimate of drug-likeness (QED) is 0.257. The minimum Gasteiger partial charge on any atom is -0.379 e. The third-order valence-corrected chi connectivity index (χ3v) is 11.3. The van der Waals surface area contributed by atoms with Crippen molar-refractivity contribution in [1.82, 2.24) is 24.8 Å². The largest absolute Gasteiger partial charge is 0.379 e. The second-order valence-electron chi connectivity index (χ2n) is 10.5. The molecule has 0 aliphatic carbocycles. The van der Waals surface area contributed by atoms with Crippen LogP contribution in [0.1, 0.15) is 24.1 Å². The summed E-state index contributed by atoms with van der Waals surface area (Å²) in [7, 11) is -2.77. The number of hydrogen-bond donors (Lipinski definition) is 2. The van der Waals surface area contributed by atoms with Gasteiger partial charge in [0.1, 0.15) is 14.9 Å². The van der Waals surface area contributed by atoms with Crippen molar-refractivity contribution in [2.75, 3.05) is 38.2 Å². The number of anilines is 2. The minimum absolute atomic E-state index is 0.0317. The number of pyridine rings is 1. The van der Waals surface area contributed by atoms with Crippen LogP contribution in [-0.4, -0.2) is 62.5 Å². The highest BCUT2D eigenvalue weighted by Gasteiger charge is 2.25. The third-order valence-electron chi connectivity index (χ3n) is 7.67.